The number of anilines is 2. The molecule has 130 valence electrons. The Morgan fingerprint density at radius 2 is 1.75 bits per heavy atom. The predicted molar refractivity (Wildman–Crippen MR) is 88.2 cm³/mol. The van der Waals surface area contributed by atoms with Crippen molar-refractivity contribution in [3.63, 3.8) is 0 Å². The van der Waals surface area contributed by atoms with E-state index in [-0.39, 0.29) is 17.7 Å². The van der Waals surface area contributed by atoms with Crippen LogP contribution >= 0.6 is 0 Å². The second kappa shape index (κ2) is 8.33. The third-order valence-corrected chi connectivity index (χ3v) is 3.22. The average Bonchev–Trinajstić information content (AvgIpc) is 2.55. The lowest BCUT2D eigenvalue weighted by Gasteiger charge is -2.12. The van der Waals surface area contributed by atoms with Crippen molar-refractivity contribution in [3.8, 4) is 0 Å². The second-order valence-corrected chi connectivity index (χ2v) is 4.77. The fourth-order valence-electron chi connectivity index (χ4n) is 2.12. The van der Waals surface area contributed by atoms with Crippen LogP contribution in [0.25, 0.3) is 0 Å². The Hall–Kier alpha value is -2.57. The third kappa shape index (κ3) is 4.04. The monoisotopic (exact) mass is 340 g/mol. The average molecular weight is 340 g/mol. The quantitative estimate of drug-likeness (QED) is 0.578. The molecule has 0 saturated carbocycles. The summed E-state index contributed by atoms with van der Waals surface area (Å²) in [5.41, 5.74) is -0.781. The standard InChI is InChI=1S/C15H13F3N2O2.C2H6/c1-3-9-7-11(17)13(18)14(15(9)20(21)22)19-12-5-4-8(2)6-10(12)16;1-2/h4-7,19H,3H2,1-2H3;1-2H3. The van der Waals surface area contributed by atoms with E-state index in [9.17, 15) is 23.3 Å². The highest BCUT2D eigenvalue weighted by Crippen LogP contribution is 2.36. The Balaban J connectivity index is 0.00000139. The molecule has 0 aromatic heterocycles. The fourth-order valence-corrected chi connectivity index (χ4v) is 2.12. The zero-order chi connectivity index (χ0) is 18.4. The number of nitro benzene ring substituents is 1. The van der Waals surface area contributed by atoms with Crippen LogP contribution in [0.5, 0.6) is 0 Å². The Labute approximate surface area is 138 Å². The summed E-state index contributed by atoms with van der Waals surface area (Å²) >= 11 is 0. The minimum absolute atomic E-state index is 0.0268. The van der Waals surface area contributed by atoms with Crippen molar-refractivity contribution in [1.29, 1.82) is 0 Å². The minimum Gasteiger partial charge on any atom is -0.345 e. The Morgan fingerprint density at radius 3 is 2.25 bits per heavy atom. The van der Waals surface area contributed by atoms with Crippen molar-refractivity contribution < 1.29 is 18.1 Å². The zero-order valence-electron chi connectivity index (χ0n) is 13.9. The lowest BCUT2D eigenvalue weighted by Crippen LogP contribution is -2.06. The van der Waals surface area contributed by atoms with Crippen LogP contribution < -0.4 is 5.32 Å². The van der Waals surface area contributed by atoms with Crippen molar-refractivity contribution in [3.05, 3.63) is 63.0 Å². The number of hydrogen-bond donors (Lipinski definition) is 1. The molecule has 0 spiro atoms. The van der Waals surface area contributed by atoms with Crippen LogP contribution in [0, 0.1) is 34.5 Å². The molecule has 0 aliphatic rings. The zero-order valence-corrected chi connectivity index (χ0v) is 13.9. The summed E-state index contributed by atoms with van der Waals surface area (Å²) in [6.45, 7) is 7.24. The molecule has 0 aliphatic carbocycles. The van der Waals surface area contributed by atoms with Gasteiger partial charge in [0.1, 0.15) is 5.82 Å². The molecule has 2 aromatic rings. The number of halogens is 3. The maximum atomic E-state index is 14.0. The molecular formula is C17H19F3N2O2. The van der Waals surface area contributed by atoms with Crippen molar-refractivity contribution >= 4 is 17.1 Å². The molecule has 0 radical (unpaired) electrons. The molecule has 0 atom stereocenters. The van der Waals surface area contributed by atoms with E-state index in [0.29, 0.717) is 5.56 Å². The van der Waals surface area contributed by atoms with Crippen LogP contribution in [-0.2, 0) is 6.42 Å². The molecule has 0 heterocycles. The van der Waals surface area contributed by atoms with Gasteiger partial charge in [0.25, 0.3) is 5.69 Å². The number of aryl methyl sites for hydroxylation is 2. The first kappa shape index (κ1) is 19.5. The number of benzene rings is 2. The highest BCUT2D eigenvalue weighted by molar-refractivity contribution is 5.73. The van der Waals surface area contributed by atoms with Gasteiger partial charge < -0.3 is 5.32 Å². The van der Waals surface area contributed by atoms with E-state index >= 15 is 0 Å². The van der Waals surface area contributed by atoms with E-state index in [1.165, 1.54) is 12.1 Å². The molecule has 1 N–H and O–H groups in total. The lowest BCUT2D eigenvalue weighted by molar-refractivity contribution is -0.384. The highest BCUT2D eigenvalue weighted by Gasteiger charge is 2.27. The van der Waals surface area contributed by atoms with Crippen LogP contribution in [0.4, 0.5) is 30.2 Å². The molecule has 0 bridgehead atoms. The Kier molecular flexibility index (Phi) is 6.76. The van der Waals surface area contributed by atoms with Crippen molar-refractivity contribution in [1.82, 2.24) is 0 Å². The molecule has 0 fully saturated rings. The molecule has 2 aromatic carbocycles. The van der Waals surface area contributed by atoms with E-state index in [2.05, 4.69) is 5.32 Å². The van der Waals surface area contributed by atoms with E-state index < -0.39 is 33.7 Å². The number of rotatable bonds is 4. The van der Waals surface area contributed by atoms with Crippen LogP contribution in [0.3, 0.4) is 0 Å². The molecule has 24 heavy (non-hydrogen) atoms. The van der Waals surface area contributed by atoms with Gasteiger partial charge in [-0.25, -0.2) is 13.2 Å². The maximum absolute atomic E-state index is 14.0. The minimum atomic E-state index is -1.41. The molecule has 4 nitrogen and oxygen atoms in total. The largest absolute Gasteiger partial charge is 0.345 e. The SMILES string of the molecule is CC.CCc1cc(F)c(F)c(Nc2ccc(C)cc2F)c1[N+](=O)[O-]. The Morgan fingerprint density at radius 1 is 1.12 bits per heavy atom. The number of nitrogens with one attached hydrogen (secondary N) is 1. The summed E-state index contributed by atoms with van der Waals surface area (Å²) in [6.07, 6.45) is 0.137. The summed E-state index contributed by atoms with van der Waals surface area (Å²) in [7, 11) is 0. The van der Waals surface area contributed by atoms with Gasteiger partial charge in [-0.15, -0.1) is 0 Å². The van der Waals surface area contributed by atoms with Crippen molar-refractivity contribution in [2.24, 2.45) is 0 Å². The molecule has 0 unspecified atom stereocenters. The van der Waals surface area contributed by atoms with Crippen LogP contribution in [0.2, 0.25) is 0 Å². The summed E-state index contributed by atoms with van der Waals surface area (Å²) < 4.78 is 41.4. The maximum Gasteiger partial charge on any atom is 0.299 e. The van der Waals surface area contributed by atoms with E-state index in [1.54, 1.807) is 19.9 Å². The molecule has 7 heteroatoms. The van der Waals surface area contributed by atoms with Gasteiger partial charge in [0.2, 0.25) is 0 Å². The smallest absolute Gasteiger partial charge is 0.299 e. The molecule has 0 aliphatic heterocycles. The van der Waals surface area contributed by atoms with Gasteiger partial charge in [-0.05, 0) is 37.1 Å². The summed E-state index contributed by atoms with van der Waals surface area (Å²) in [5.74, 6) is -3.35. The highest BCUT2D eigenvalue weighted by atomic mass is 19.2. The number of nitrogens with zero attached hydrogens (tertiary/aromatic N) is 1. The fraction of sp³-hybridized carbons (Fsp3) is 0.294. The van der Waals surface area contributed by atoms with Crippen molar-refractivity contribution in [2.75, 3.05) is 5.32 Å². The van der Waals surface area contributed by atoms with Gasteiger partial charge in [0.05, 0.1) is 10.6 Å². The second-order valence-electron chi connectivity index (χ2n) is 4.77. The van der Waals surface area contributed by atoms with Gasteiger partial charge in [0, 0.05) is 5.56 Å². The van der Waals surface area contributed by atoms with E-state index in [0.717, 1.165) is 6.07 Å². The van der Waals surface area contributed by atoms with Gasteiger partial charge in [0.15, 0.2) is 17.3 Å². The first-order valence-electron chi connectivity index (χ1n) is 7.53. The molecule has 2 rings (SSSR count). The summed E-state index contributed by atoms with van der Waals surface area (Å²) in [5, 5.41) is 13.5. The molecule has 0 amide bonds. The Bertz CT molecular complexity index is 749. The van der Waals surface area contributed by atoms with E-state index in [1.807, 2.05) is 13.8 Å². The molecule has 0 saturated heterocycles. The van der Waals surface area contributed by atoms with Gasteiger partial charge in [-0.2, -0.15) is 0 Å². The summed E-state index contributed by atoms with van der Waals surface area (Å²) in [6, 6.07) is 4.83. The van der Waals surface area contributed by atoms with Crippen molar-refractivity contribution in [2.45, 2.75) is 34.1 Å². The molecular weight excluding hydrogens is 321 g/mol. The topological polar surface area (TPSA) is 55.2 Å². The van der Waals surface area contributed by atoms with E-state index in [4.69, 9.17) is 0 Å². The number of hydrogen-bond acceptors (Lipinski definition) is 3. The predicted octanol–water partition coefficient (Wildman–Crippen LogP) is 5.65. The van der Waals surface area contributed by atoms with Crippen LogP contribution in [0.1, 0.15) is 31.9 Å². The van der Waals surface area contributed by atoms with Gasteiger partial charge in [-0.3, -0.25) is 10.1 Å². The number of nitro groups is 1. The third-order valence-electron chi connectivity index (χ3n) is 3.22. The van der Waals surface area contributed by atoms with Gasteiger partial charge in [-0.1, -0.05) is 26.8 Å². The van der Waals surface area contributed by atoms with Gasteiger partial charge >= 0.3 is 0 Å². The normalized spacial score (nSPS) is 9.96. The lowest BCUT2D eigenvalue weighted by atomic mass is 10.1. The summed E-state index contributed by atoms with van der Waals surface area (Å²) in [4.78, 5) is 10.4. The van der Waals surface area contributed by atoms with Crippen LogP contribution in [-0.4, -0.2) is 4.92 Å². The van der Waals surface area contributed by atoms with Crippen LogP contribution in [0.15, 0.2) is 24.3 Å². The first-order valence-corrected chi connectivity index (χ1v) is 7.53. The first-order chi connectivity index (χ1) is 11.3.